The van der Waals surface area contributed by atoms with Gasteiger partial charge in [-0.3, -0.25) is 4.79 Å². The topological polar surface area (TPSA) is 30.0 Å². The first-order chi connectivity index (χ1) is 5.84. The van der Waals surface area contributed by atoms with E-state index in [1.807, 2.05) is 24.5 Å². The van der Waals surface area contributed by atoms with E-state index in [0.717, 1.165) is 6.42 Å². The molecule has 0 N–H and O–H groups in total. The lowest BCUT2D eigenvalue weighted by molar-refractivity contribution is 0.0995. The van der Waals surface area contributed by atoms with Crippen LogP contribution in [0.15, 0.2) is 23.7 Å². The van der Waals surface area contributed by atoms with Crippen LogP contribution in [0.4, 0.5) is 0 Å². The molecule has 1 rings (SSSR count). The summed E-state index contributed by atoms with van der Waals surface area (Å²) >= 11 is 1.39. The second kappa shape index (κ2) is 4.83. The maximum Gasteiger partial charge on any atom is 0.195 e. The summed E-state index contributed by atoms with van der Waals surface area (Å²) < 4.78 is 0. The largest absolute Gasteiger partial charge is 0.291 e. The predicted octanol–water partition coefficient (Wildman–Crippen LogP) is 2.68. The number of hydrogen-bond donors (Lipinski definition) is 0. The van der Waals surface area contributed by atoms with E-state index in [0.29, 0.717) is 11.4 Å². The van der Waals surface area contributed by atoms with Crippen LogP contribution in [0, 0.1) is 0 Å². The predicted molar refractivity (Wildman–Crippen MR) is 50.5 cm³/mol. The molecule has 2 nitrogen and oxygen atoms in total. The zero-order valence-electron chi connectivity index (χ0n) is 6.99. The Balaban J connectivity index is 2.45. The summed E-state index contributed by atoms with van der Waals surface area (Å²) in [5, 5.41) is 2.42. The normalized spacial score (nSPS) is 10.8. The average molecular weight is 181 g/mol. The third-order valence-electron chi connectivity index (χ3n) is 1.38. The number of rotatable bonds is 4. The lowest BCUT2D eigenvalue weighted by atomic mass is 10.2. The van der Waals surface area contributed by atoms with Crippen LogP contribution < -0.4 is 0 Å². The Morgan fingerprint density at radius 2 is 2.50 bits per heavy atom. The molecule has 0 saturated carbocycles. The molecule has 1 heterocycles. The second-order valence-corrected chi connectivity index (χ2v) is 3.24. The van der Waals surface area contributed by atoms with Crippen LogP contribution in [0.25, 0.3) is 0 Å². The molecule has 0 fully saturated rings. The molecule has 0 amide bonds. The molecular formula is C9H11NOS. The van der Waals surface area contributed by atoms with E-state index in [1.165, 1.54) is 11.3 Å². The Kier molecular flexibility index (Phi) is 3.67. The number of Topliss-reactive ketones (excluding diaryl/α,β-unsaturated/α-hetero) is 1. The molecule has 0 radical (unpaired) electrons. The first kappa shape index (κ1) is 9.13. The molecule has 1 aromatic rings. The van der Waals surface area contributed by atoms with Gasteiger partial charge in [-0.05, 0) is 6.42 Å². The second-order valence-electron chi connectivity index (χ2n) is 2.34. The van der Waals surface area contributed by atoms with Crippen LogP contribution >= 0.6 is 11.3 Å². The van der Waals surface area contributed by atoms with E-state index in [4.69, 9.17) is 0 Å². The van der Waals surface area contributed by atoms with Gasteiger partial charge in [-0.2, -0.15) is 0 Å². The van der Waals surface area contributed by atoms with Crippen LogP contribution in [0.3, 0.4) is 0 Å². The fraction of sp³-hybridized carbons (Fsp3) is 0.333. The van der Waals surface area contributed by atoms with Crippen molar-refractivity contribution < 1.29 is 4.79 Å². The minimum atomic E-state index is 0.106. The van der Waals surface area contributed by atoms with E-state index >= 15 is 0 Å². The summed E-state index contributed by atoms with van der Waals surface area (Å²) in [4.78, 5) is 15.2. The van der Waals surface area contributed by atoms with Crippen LogP contribution in [-0.2, 0) is 0 Å². The highest BCUT2D eigenvalue weighted by Gasteiger charge is 2.04. The van der Waals surface area contributed by atoms with Crippen molar-refractivity contribution in [2.24, 2.45) is 0 Å². The number of hydrogen-bond acceptors (Lipinski definition) is 3. The number of aromatic nitrogens is 1. The Bertz CT molecular complexity index is 264. The number of carbonyl (C=O) groups is 1. The maximum absolute atomic E-state index is 11.3. The minimum Gasteiger partial charge on any atom is -0.291 e. The first-order valence-corrected chi connectivity index (χ1v) is 4.80. The third-order valence-corrected chi connectivity index (χ3v) is 2.19. The van der Waals surface area contributed by atoms with E-state index in [1.54, 1.807) is 6.20 Å². The first-order valence-electron chi connectivity index (χ1n) is 3.92. The third kappa shape index (κ3) is 2.58. The number of nitrogens with zero attached hydrogens (tertiary/aromatic N) is 1. The van der Waals surface area contributed by atoms with Gasteiger partial charge in [-0.1, -0.05) is 19.1 Å². The molecule has 12 heavy (non-hydrogen) atoms. The van der Waals surface area contributed by atoms with Gasteiger partial charge in [0.15, 0.2) is 10.8 Å². The van der Waals surface area contributed by atoms with Crippen molar-refractivity contribution in [2.75, 3.05) is 0 Å². The highest BCUT2D eigenvalue weighted by atomic mass is 32.1. The average Bonchev–Trinajstić information content (AvgIpc) is 2.56. The van der Waals surface area contributed by atoms with E-state index in [-0.39, 0.29) is 5.78 Å². The zero-order chi connectivity index (χ0) is 8.81. The molecule has 0 bridgehead atoms. The summed E-state index contributed by atoms with van der Waals surface area (Å²) in [6.07, 6.45) is 6.99. The fourth-order valence-corrected chi connectivity index (χ4v) is 1.39. The molecule has 3 heteroatoms. The fourth-order valence-electron chi connectivity index (χ4n) is 0.806. The van der Waals surface area contributed by atoms with Crippen LogP contribution in [0.2, 0.25) is 0 Å². The molecule has 0 atom stereocenters. The lowest BCUT2D eigenvalue weighted by Gasteiger charge is -1.88. The van der Waals surface area contributed by atoms with Gasteiger partial charge < -0.3 is 0 Å². The number of thiazole rings is 1. The number of allylic oxidation sites excluding steroid dienone is 2. The van der Waals surface area contributed by atoms with Gasteiger partial charge in [0.25, 0.3) is 0 Å². The molecule has 0 aliphatic heterocycles. The van der Waals surface area contributed by atoms with Crippen molar-refractivity contribution >= 4 is 17.1 Å². The van der Waals surface area contributed by atoms with Crippen molar-refractivity contribution in [2.45, 2.75) is 19.8 Å². The summed E-state index contributed by atoms with van der Waals surface area (Å²) in [7, 11) is 0. The minimum absolute atomic E-state index is 0.106. The van der Waals surface area contributed by atoms with Crippen LogP contribution in [-0.4, -0.2) is 10.8 Å². The van der Waals surface area contributed by atoms with Gasteiger partial charge in [0.05, 0.1) is 0 Å². The van der Waals surface area contributed by atoms with Crippen molar-refractivity contribution in [3.63, 3.8) is 0 Å². The summed E-state index contributed by atoms with van der Waals surface area (Å²) in [5.74, 6) is 0.106. The van der Waals surface area contributed by atoms with Crippen molar-refractivity contribution in [3.8, 4) is 0 Å². The molecule has 1 aromatic heterocycles. The number of ketones is 1. The van der Waals surface area contributed by atoms with E-state index < -0.39 is 0 Å². The van der Waals surface area contributed by atoms with Gasteiger partial charge in [0.2, 0.25) is 0 Å². The van der Waals surface area contributed by atoms with Gasteiger partial charge in [-0.25, -0.2) is 4.98 Å². The zero-order valence-corrected chi connectivity index (χ0v) is 7.80. The Morgan fingerprint density at radius 1 is 1.67 bits per heavy atom. The quantitative estimate of drug-likeness (QED) is 0.528. The molecular weight excluding hydrogens is 170 g/mol. The Labute approximate surface area is 76.0 Å². The highest BCUT2D eigenvalue weighted by Crippen LogP contribution is 2.07. The van der Waals surface area contributed by atoms with Gasteiger partial charge in [0, 0.05) is 18.0 Å². The molecule has 0 unspecified atom stereocenters. The molecule has 0 saturated heterocycles. The van der Waals surface area contributed by atoms with Crippen LogP contribution in [0.1, 0.15) is 29.6 Å². The summed E-state index contributed by atoms with van der Waals surface area (Å²) in [5.41, 5.74) is 0. The monoisotopic (exact) mass is 181 g/mol. The van der Waals surface area contributed by atoms with Crippen molar-refractivity contribution in [3.05, 3.63) is 28.7 Å². The molecule has 0 aromatic carbocycles. The summed E-state index contributed by atoms with van der Waals surface area (Å²) in [6.45, 7) is 2.05. The molecule has 0 aliphatic carbocycles. The maximum atomic E-state index is 11.3. The van der Waals surface area contributed by atoms with Gasteiger partial charge in [-0.15, -0.1) is 11.3 Å². The van der Waals surface area contributed by atoms with Crippen molar-refractivity contribution in [1.82, 2.24) is 4.98 Å². The van der Waals surface area contributed by atoms with Gasteiger partial charge in [0.1, 0.15) is 0 Å². The van der Waals surface area contributed by atoms with E-state index in [9.17, 15) is 4.79 Å². The number of carbonyl (C=O) groups excluding carboxylic acids is 1. The Hall–Kier alpha value is -0.960. The summed E-state index contributed by atoms with van der Waals surface area (Å²) in [6, 6.07) is 0. The molecule has 64 valence electrons. The Morgan fingerprint density at radius 3 is 3.08 bits per heavy atom. The smallest absolute Gasteiger partial charge is 0.195 e. The lowest BCUT2D eigenvalue weighted by Crippen LogP contribution is -1.94. The molecule has 0 aliphatic rings. The standard InChI is InChI=1S/C9H11NOS/c1-2-3-4-5-8(11)9-10-6-7-12-9/h3-4,6-7H,2,5H2,1H3/b4-3-. The molecule has 0 spiro atoms. The highest BCUT2D eigenvalue weighted by molar-refractivity contribution is 7.11. The van der Waals surface area contributed by atoms with E-state index in [2.05, 4.69) is 4.98 Å². The van der Waals surface area contributed by atoms with Crippen molar-refractivity contribution in [1.29, 1.82) is 0 Å². The SMILES string of the molecule is CC/C=C\CC(=O)c1nccs1. The van der Waals surface area contributed by atoms with Crippen LogP contribution in [0.5, 0.6) is 0 Å². The van der Waals surface area contributed by atoms with Gasteiger partial charge >= 0.3 is 0 Å².